The van der Waals surface area contributed by atoms with Crippen LogP contribution in [0.4, 0.5) is 0 Å². The molecule has 0 unspecified atom stereocenters. The van der Waals surface area contributed by atoms with Crippen molar-refractivity contribution in [1.29, 1.82) is 0 Å². The number of aryl methyl sites for hydroxylation is 2. The van der Waals surface area contributed by atoms with Crippen LogP contribution in [0.15, 0.2) is 67.3 Å². The third-order valence-corrected chi connectivity index (χ3v) is 3.63. The van der Waals surface area contributed by atoms with Crippen LogP contribution in [-0.4, -0.2) is 14.8 Å². The molecule has 0 aliphatic heterocycles. The first-order valence-electron chi connectivity index (χ1n) is 6.93. The van der Waals surface area contributed by atoms with Gasteiger partial charge in [-0.2, -0.15) is 17.2 Å². The molecule has 0 radical (unpaired) electrons. The summed E-state index contributed by atoms with van der Waals surface area (Å²) in [5.74, 6) is 0. The Balaban J connectivity index is 0.000000463. The van der Waals surface area contributed by atoms with Crippen molar-refractivity contribution in [2.45, 2.75) is 13.8 Å². The maximum absolute atomic E-state index is 3.78. The average molecular weight is 525 g/mol. The maximum Gasteiger partial charge on any atom is 4.00 e. The molecule has 3 nitrogen and oxygen atoms in total. The molecule has 4 aromatic rings. The van der Waals surface area contributed by atoms with E-state index in [9.17, 15) is 0 Å². The summed E-state index contributed by atoms with van der Waals surface area (Å²) < 4.78 is 1.90. The smallest absolute Gasteiger partial charge is 1.00 e. The Morgan fingerprint density at radius 2 is 1.67 bits per heavy atom. The van der Waals surface area contributed by atoms with Gasteiger partial charge in [0.1, 0.15) is 12.7 Å². The van der Waals surface area contributed by atoms with Crippen LogP contribution in [0.3, 0.4) is 0 Å². The molecule has 6 heteroatoms. The predicted octanol–water partition coefficient (Wildman–Crippen LogP) is -1.83. The van der Waals surface area contributed by atoms with Gasteiger partial charge in [0.15, 0.2) is 0 Å². The fourth-order valence-electron chi connectivity index (χ4n) is 2.22. The minimum absolute atomic E-state index is 0. The second-order valence-electron chi connectivity index (χ2n) is 5.10. The van der Waals surface area contributed by atoms with E-state index in [-0.39, 0.29) is 50.7 Å². The van der Waals surface area contributed by atoms with E-state index in [1.165, 1.54) is 21.9 Å². The van der Waals surface area contributed by atoms with Gasteiger partial charge in [-0.1, -0.05) is 19.9 Å². The van der Waals surface area contributed by atoms with E-state index in [0.717, 1.165) is 5.69 Å². The van der Waals surface area contributed by atoms with Crippen LogP contribution in [0.1, 0.15) is 11.1 Å². The first kappa shape index (κ1) is 22.8. The molecule has 0 aliphatic rings. The van der Waals surface area contributed by atoms with Gasteiger partial charge in [-0.3, -0.25) is 0 Å². The molecule has 0 saturated heterocycles. The fourth-order valence-corrected chi connectivity index (χ4v) is 2.22. The van der Waals surface area contributed by atoms with Crippen LogP contribution < -0.4 is 24.8 Å². The largest absolute Gasteiger partial charge is 4.00 e. The van der Waals surface area contributed by atoms with Gasteiger partial charge in [-0.05, 0) is 5.69 Å². The topological polar surface area (TPSA) is 30.7 Å². The van der Waals surface area contributed by atoms with Crippen LogP contribution in [0.5, 0.6) is 0 Å². The van der Waals surface area contributed by atoms with Crippen LogP contribution in [-0.2, 0) is 25.8 Å². The zero-order chi connectivity index (χ0) is 14.7. The Labute approximate surface area is 173 Å². The van der Waals surface area contributed by atoms with E-state index in [4.69, 9.17) is 0 Å². The Kier molecular flexibility index (Phi) is 10.1. The Morgan fingerprint density at radius 3 is 2.17 bits per heavy atom. The predicted molar refractivity (Wildman–Crippen MR) is 86.0 cm³/mol. The summed E-state index contributed by atoms with van der Waals surface area (Å²) in [4.78, 5) is 0. The van der Waals surface area contributed by atoms with Gasteiger partial charge < -0.3 is 29.4 Å². The maximum atomic E-state index is 3.78. The first-order chi connectivity index (χ1) is 10.2. The molecule has 1 aromatic heterocycles. The van der Waals surface area contributed by atoms with Gasteiger partial charge in [-0.15, -0.1) is 51.3 Å². The summed E-state index contributed by atoms with van der Waals surface area (Å²) in [5, 5.41) is 10.1. The second kappa shape index (κ2) is 10.6. The number of rotatable bonds is 1. The van der Waals surface area contributed by atoms with E-state index in [1.807, 2.05) is 16.7 Å². The molecule has 0 aliphatic carbocycles. The number of benzene rings is 1. The SMILES string of the molecule is Cc1ccc[c-]1C.[Cl-].[Cl-].[Hf+4].c1ccc2[cH-]c(-n3cnnc3)cc2c1. The van der Waals surface area contributed by atoms with Crippen molar-refractivity contribution in [3.05, 3.63) is 78.4 Å². The summed E-state index contributed by atoms with van der Waals surface area (Å²) in [7, 11) is 0. The van der Waals surface area contributed by atoms with Crippen LogP contribution in [0.2, 0.25) is 0 Å². The van der Waals surface area contributed by atoms with Gasteiger partial charge >= 0.3 is 25.8 Å². The Hall–Kier alpha value is -1.23. The van der Waals surface area contributed by atoms with Crippen molar-refractivity contribution in [2.75, 3.05) is 0 Å². The van der Waals surface area contributed by atoms with Gasteiger partial charge in [0.2, 0.25) is 0 Å². The van der Waals surface area contributed by atoms with Crippen molar-refractivity contribution < 1.29 is 50.7 Å². The Morgan fingerprint density at radius 1 is 1.00 bits per heavy atom. The third-order valence-electron chi connectivity index (χ3n) is 3.63. The summed E-state index contributed by atoms with van der Waals surface area (Å²) in [5.41, 5.74) is 3.89. The number of nitrogens with zero attached hydrogens (tertiary/aromatic N) is 3. The quantitative estimate of drug-likeness (QED) is 0.217. The van der Waals surface area contributed by atoms with Gasteiger partial charge in [0.25, 0.3) is 0 Å². The van der Waals surface area contributed by atoms with Crippen molar-refractivity contribution in [1.82, 2.24) is 14.8 Å². The average Bonchev–Trinajstić information content (AvgIpc) is 3.21. The monoisotopic (exact) mass is 525 g/mol. The first-order valence-corrected chi connectivity index (χ1v) is 6.93. The number of hydrogen-bond acceptors (Lipinski definition) is 2. The summed E-state index contributed by atoms with van der Waals surface area (Å²) in [6, 6.07) is 18.8. The normalized spacial score (nSPS) is 9.08. The molecular formula is C18H17Cl2HfN3. The standard InChI is InChI=1S/C11H8N3.C7H9.2ClH.Hf/c1-2-4-10-6-11(5-9(10)3-1)14-7-12-13-8-14;1-6-4-3-5-7(6)2;;;/h1-8H;3-5H,1-2H3;2*1H;/q2*-1;;;+4/p-2. The van der Waals surface area contributed by atoms with Gasteiger partial charge in [0, 0.05) is 0 Å². The molecule has 1 heterocycles. The molecule has 0 bridgehead atoms. The molecule has 0 amide bonds. The summed E-state index contributed by atoms with van der Waals surface area (Å²) in [6.45, 7) is 4.24. The Bertz CT molecular complexity index is 785. The van der Waals surface area contributed by atoms with Crippen LogP contribution >= 0.6 is 0 Å². The summed E-state index contributed by atoms with van der Waals surface area (Å²) >= 11 is 0. The molecule has 0 fully saturated rings. The van der Waals surface area contributed by atoms with E-state index in [2.05, 4.69) is 66.5 Å². The second-order valence-corrected chi connectivity index (χ2v) is 5.10. The van der Waals surface area contributed by atoms with Gasteiger partial charge in [-0.25, -0.2) is 12.1 Å². The van der Waals surface area contributed by atoms with Crippen molar-refractivity contribution in [3.8, 4) is 5.69 Å². The van der Waals surface area contributed by atoms with Crippen LogP contribution in [0.25, 0.3) is 16.5 Å². The molecule has 4 rings (SSSR count). The molecule has 3 aromatic carbocycles. The molecule has 24 heavy (non-hydrogen) atoms. The number of fused-ring (bicyclic) bond motifs is 1. The minimum atomic E-state index is 0. The molecule has 0 N–H and O–H groups in total. The molecule has 0 saturated carbocycles. The van der Waals surface area contributed by atoms with E-state index < -0.39 is 0 Å². The molecule has 0 spiro atoms. The van der Waals surface area contributed by atoms with E-state index in [0.29, 0.717) is 0 Å². The molecular weight excluding hydrogens is 508 g/mol. The zero-order valence-corrected chi connectivity index (χ0v) is 18.6. The molecule has 122 valence electrons. The molecule has 0 atom stereocenters. The van der Waals surface area contributed by atoms with Crippen LogP contribution in [0, 0.1) is 13.8 Å². The number of halogens is 2. The fraction of sp³-hybridized carbons (Fsp3) is 0.111. The minimum Gasteiger partial charge on any atom is -1.00 e. The van der Waals surface area contributed by atoms with Crippen molar-refractivity contribution >= 4 is 10.8 Å². The third kappa shape index (κ3) is 5.40. The number of aromatic nitrogens is 3. The van der Waals surface area contributed by atoms with E-state index in [1.54, 1.807) is 12.7 Å². The van der Waals surface area contributed by atoms with Gasteiger partial charge in [0.05, 0.1) is 0 Å². The van der Waals surface area contributed by atoms with Crippen molar-refractivity contribution in [3.63, 3.8) is 0 Å². The zero-order valence-electron chi connectivity index (χ0n) is 13.4. The summed E-state index contributed by atoms with van der Waals surface area (Å²) in [6.07, 6.45) is 3.41. The number of hydrogen-bond donors (Lipinski definition) is 0. The van der Waals surface area contributed by atoms with Crippen molar-refractivity contribution in [2.24, 2.45) is 0 Å². The van der Waals surface area contributed by atoms with E-state index >= 15 is 0 Å².